The first-order valence-corrected chi connectivity index (χ1v) is 7.57. The standard InChI is InChI=1S/C14H19NO2S/c1-17-14(16)13(9-5-6-9)15-11-3-2-4-12-10(11)7-8-18-12/h7-9,11,13,15H,2-6H2,1H3. The van der Waals surface area contributed by atoms with Gasteiger partial charge >= 0.3 is 5.97 Å². The van der Waals surface area contributed by atoms with Crippen LogP contribution in [-0.2, 0) is 16.0 Å². The summed E-state index contributed by atoms with van der Waals surface area (Å²) in [6.07, 6.45) is 5.83. The highest BCUT2D eigenvalue weighted by Crippen LogP contribution is 2.38. The minimum absolute atomic E-state index is 0.0974. The second-order valence-corrected chi connectivity index (χ2v) is 6.25. The molecule has 1 heterocycles. The molecule has 0 radical (unpaired) electrons. The van der Waals surface area contributed by atoms with Gasteiger partial charge in [0.15, 0.2) is 0 Å². The van der Waals surface area contributed by atoms with Crippen LogP contribution in [0, 0.1) is 5.92 Å². The van der Waals surface area contributed by atoms with Crippen LogP contribution >= 0.6 is 11.3 Å². The Bertz CT molecular complexity index is 439. The van der Waals surface area contributed by atoms with Gasteiger partial charge in [0.05, 0.1) is 7.11 Å². The van der Waals surface area contributed by atoms with Gasteiger partial charge in [-0.15, -0.1) is 11.3 Å². The van der Waals surface area contributed by atoms with Gasteiger partial charge in [-0.25, -0.2) is 0 Å². The number of hydrogen-bond donors (Lipinski definition) is 1. The van der Waals surface area contributed by atoms with Crippen LogP contribution in [0.1, 0.15) is 42.2 Å². The van der Waals surface area contributed by atoms with Crippen molar-refractivity contribution in [1.82, 2.24) is 5.32 Å². The fourth-order valence-electron chi connectivity index (χ4n) is 2.83. The second kappa shape index (κ2) is 5.02. The maximum absolute atomic E-state index is 11.8. The lowest BCUT2D eigenvalue weighted by atomic mass is 9.93. The van der Waals surface area contributed by atoms with E-state index in [1.165, 1.54) is 30.4 Å². The molecule has 2 aliphatic rings. The zero-order valence-electron chi connectivity index (χ0n) is 10.6. The highest BCUT2D eigenvalue weighted by Gasteiger charge is 2.39. The number of thiophene rings is 1. The summed E-state index contributed by atoms with van der Waals surface area (Å²) in [5.41, 5.74) is 1.40. The van der Waals surface area contributed by atoms with Crippen molar-refractivity contribution in [2.45, 2.75) is 44.2 Å². The molecule has 18 heavy (non-hydrogen) atoms. The Kier molecular flexibility index (Phi) is 3.39. The molecule has 0 amide bonds. The first-order chi connectivity index (χ1) is 8.79. The summed E-state index contributed by atoms with van der Waals surface area (Å²) in [4.78, 5) is 13.3. The number of fused-ring (bicyclic) bond motifs is 1. The van der Waals surface area contributed by atoms with E-state index < -0.39 is 0 Å². The van der Waals surface area contributed by atoms with Crippen molar-refractivity contribution in [1.29, 1.82) is 0 Å². The van der Waals surface area contributed by atoms with Gasteiger partial charge in [-0.3, -0.25) is 10.1 Å². The van der Waals surface area contributed by atoms with E-state index in [0.717, 1.165) is 19.3 Å². The van der Waals surface area contributed by atoms with Gasteiger partial charge in [-0.05, 0) is 55.0 Å². The van der Waals surface area contributed by atoms with Crippen LogP contribution in [0.2, 0.25) is 0 Å². The van der Waals surface area contributed by atoms with Crippen molar-refractivity contribution in [2.75, 3.05) is 7.11 Å². The van der Waals surface area contributed by atoms with Crippen molar-refractivity contribution in [3.8, 4) is 0 Å². The van der Waals surface area contributed by atoms with E-state index in [9.17, 15) is 4.79 Å². The maximum atomic E-state index is 11.8. The number of methoxy groups -OCH3 is 1. The topological polar surface area (TPSA) is 38.3 Å². The number of carbonyl (C=O) groups excluding carboxylic acids is 1. The molecule has 3 rings (SSSR count). The predicted octanol–water partition coefficient (Wildman–Crippen LogP) is 2.67. The van der Waals surface area contributed by atoms with Crippen LogP contribution in [0.5, 0.6) is 0 Å². The van der Waals surface area contributed by atoms with Gasteiger partial charge in [0.25, 0.3) is 0 Å². The van der Waals surface area contributed by atoms with Crippen molar-refractivity contribution >= 4 is 17.3 Å². The van der Waals surface area contributed by atoms with Crippen LogP contribution in [0.15, 0.2) is 11.4 Å². The smallest absolute Gasteiger partial charge is 0.323 e. The molecule has 0 aromatic carbocycles. The number of rotatable bonds is 4. The summed E-state index contributed by atoms with van der Waals surface area (Å²) < 4.78 is 4.93. The predicted molar refractivity (Wildman–Crippen MR) is 71.7 cm³/mol. The lowest BCUT2D eigenvalue weighted by molar-refractivity contribution is -0.144. The second-order valence-electron chi connectivity index (χ2n) is 5.25. The molecular weight excluding hydrogens is 246 g/mol. The molecule has 2 atom stereocenters. The van der Waals surface area contributed by atoms with E-state index in [4.69, 9.17) is 4.74 Å². The molecule has 1 N–H and O–H groups in total. The Hall–Kier alpha value is -0.870. The Balaban J connectivity index is 1.74. The van der Waals surface area contributed by atoms with E-state index in [2.05, 4.69) is 16.8 Å². The molecule has 0 spiro atoms. The van der Waals surface area contributed by atoms with E-state index >= 15 is 0 Å². The summed E-state index contributed by atoms with van der Waals surface area (Å²) in [6.45, 7) is 0. The number of nitrogens with one attached hydrogen (secondary N) is 1. The summed E-state index contributed by atoms with van der Waals surface area (Å²) >= 11 is 1.84. The van der Waals surface area contributed by atoms with Gasteiger partial charge in [0.2, 0.25) is 0 Å². The number of esters is 1. The Morgan fingerprint density at radius 3 is 3.06 bits per heavy atom. The third-order valence-corrected chi connectivity index (χ3v) is 4.98. The third kappa shape index (κ3) is 2.31. The molecule has 1 aromatic rings. The zero-order chi connectivity index (χ0) is 12.5. The normalized spacial score (nSPS) is 24.4. The Morgan fingerprint density at radius 2 is 2.33 bits per heavy atom. The largest absolute Gasteiger partial charge is 0.468 e. The molecule has 0 bridgehead atoms. The number of hydrogen-bond acceptors (Lipinski definition) is 4. The van der Waals surface area contributed by atoms with Gasteiger partial charge in [0, 0.05) is 10.9 Å². The van der Waals surface area contributed by atoms with Crippen molar-refractivity contribution in [3.63, 3.8) is 0 Å². The molecule has 0 aliphatic heterocycles. The Morgan fingerprint density at radius 1 is 1.50 bits per heavy atom. The highest BCUT2D eigenvalue weighted by molar-refractivity contribution is 7.10. The van der Waals surface area contributed by atoms with Crippen LogP contribution in [0.25, 0.3) is 0 Å². The van der Waals surface area contributed by atoms with Crippen LogP contribution in [-0.4, -0.2) is 19.1 Å². The van der Waals surface area contributed by atoms with Gasteiger partial charge in [-0.1, -0.05) is 0 Å². The van der Waals surface area contributed by atoms with Gasteiger partial charge in [-0.2, -0.15) is 0 Å². The summed E-state index contributed by atoms with van der Waals surface area (Å²) in [5.74, 6) is 0.390. The van der Waals surface area contributed by atoms with Gasteiger partial charge in [0.1, 0.15) is 6.04 Å². The van der Waals surface area contributed by atoms with Crippen molar-refractivity contribution in [2.24, 2.45) is 5.92 Å². The minimum atomic E-state index is -0.106. The van der Waals surface area contributed by atoms with E-state index in [1.807, 2.05) is 11.3 Å². The average molecular weight is 265 g/mol. The molecule has 0 saturated heterocycles. The molecule has 1 aromatic heterocycles. The van der Waals surface area contributed by atoms with Crippen molar-refractivity contribution in [3.05, 3.63) is 21.9 Å². The molecule has 2 unspecified atom stereocenters. The quantitative estimate of drug-likeness (QED) is 0.851. The first-order valence-electron chi connectivity index (χ1n) is 6.69. The third-order valence-electron chi connectivity index (χ3n) is 3.98. The Labute approximate surface area is 112 Å². The van der Waals surface area contributed by atoms with Crippen LogP contribution in [0.3, 0.4) is 0 Å². The molecule has 2 aliphatic carbocycles. The van der Waals surface area contributed by atoms with E-state index in [0.29, 0.717) is 12.0 Å². The number of aryl methyl sites for hydroxylation is 1. The minimum Gasteiger partial charge on any atom is -0.468 e. The fourth-order valence-corrected chi connectivity index (χ4v) is 3.82. The summed E-state index contributed by atoms with van der Waals surface area (Å²) in [5, 5.41) is 5.70. The summed E-state index contributed by atoms with van der Waals surface area (Å²) in [7, 11) is 1.48. The molecule has 4 heteroatoms. The zero-order valence-corrected chi connectivity index (χ0v) is 11.5. The fraction of sp³-hybridized carbons (Fsp3) is 0.643. The molecule has 3 nitrogen and oxygen atoms in total. The summed E-state index contributed by atoms with van der Waals surface area (Å²) in [6, 6.07) is 2.44. The van der Waals surface area contributed by atoms with Crippen molar-refractivity contribution < 1.29 is 9.53 Å². The molecule has 98 valence electrons. The molecule has 1 saturated carbocycles. The molecule has 1 fully saturated rings. The van der Waals surface area contributed by atoms with Crippen LogP contribution < -0.4 is 5.32 Å². The van der Waals surface area contributed by atoms with Gasteiger partial charge < -0.3 is 4.74 Å². The lowest BCUT2D eigenvalue weighted by Gasteiger charge is -2.27. The number of carbonyl (C=O) groups is 1. The van der Waals surface area contributed by atoms with E-state index in [1.54, 1.807) is 0 Å². The maximum Gasteiger partial charge on any atom is 0.323 e. The highest BCUT2D eigenvalue weighted by atomic mass is 32.1. The monoisotopic (exact) mass is 265 g/mol. The SMILES string of the molecule is COC(=O)C(NC1CCCc2sccc21)C1CC1. The first kappa shape index (κ1) is 12.2. The number of ether oxygens (including phenoxy) is 1. The van der Waals surface area contributed by atoms with Crippen LogP contribution in [0.4, 0.5) is 0 Å². The average Bonchev–Trinajstić information content (AvgIpc) is 3.11. The van der Waals surface area contributed by atoms with E-state index in [-0.39, 0.29) is 12.0 Å². The lowest BCUT2D eigenvalue weighted by Crippen LogP contribution is -2.42. The molecular formula is C14H19NO2S.